The lowest BCUT2D eigenvalue weighted by Crippen LogP contribution is -2.13. The smallest absolute Gasteiger partial charge is 0.255 e. The molecule has 6 nitrogen and oxygen atoms in total. The normalized spacial score (nSPS) is 10.8. The van der Waals surface area contributed by atoms with Gasteiger partial charge < -0.3 is 10.4 Å². The molecule has 118 valence electrons. The minimum absolute atomic E-state index is 0.0316. The number of aliphatic hydroxyl groups is 1. The predicted octanol–water partition coefficient (Wildman–Crippen LogP) is 1.58. The Labute approximate surface area is 133 Å². The minimum Gasteiger partial charge on any atom is -0.395 e. The largest absolute Gasteiger partial charge is 0.395 e. The predicted molar refractivity (Wildman–Crippen MR) is 84.7 cm³/mol. The van der Waals surface area contributed by atoms with E-state index in [2.05, 4.69) is 5.32 Å². The van der Waals surface area contributed by atoms with Crippen LogP contribution in [0, 0.1) is 11.3 Å². The van der Waals surface area contributed by atoms with Gasteiger partial charge in [-0.05, 0) is 42.5 Å². The molecule has 0 aliphatic rings. The molecule has 7 heteroatoms. The molecule has 0 aliphatic carbocycles. The van der Waals surface area contributed by atoms with Crippen molar-refractivity contribution in [2.75, 3.05) is 17.7 Å². The summed E-state index contributed by atoms with van der Waals surface area (Å²) >= 11 is 0. The third-order valence-corrected chi connectivity index (χ3v) is 4.78. The Kier molecular flexibility index (Phi) is 5.11. The number of sulfone groups is 1. The fourth-order valence-corrected chi connectivity index (χ4v) is 2.97. The molecule has 2 aromatic rings. The first-order valence-corrected chi connectivity index (χ1v) is 8.37. The number of amides is 1. The monoisotopic (exact) mass is 330 g/mol. The van der Waals surface area contributed by atoms with Gasteiger partial charge in [0.25, 0.3) is 5.91 Å². The van der Waals surface area contributed by atoms with E-state index in [1.807, 2.05) is 6.07 Å². The third-order valence-electron chi connectivity index (χ3n) is 3.09. The van der Waals surface area contributed by atoms with Gasteiger partial charge in [0.05, 0.1) is 28.9 Å². The van der Waals surface area contributed by atoms with Gasteiger partial charge in [0.2, 0.25) is 0 Å². The highest BCUT2D eigenvalue weighted by Crippen LogP contribution is 2.17. The molecule has 0 atom stereocenters. The fourth-order valence-electron chi connectivity index (χ4n) is 1.90. The van der Waals surface area contributed by atoms with E-state index in [1.165, 1.54) is 42.5 Å². The van der Waals surface area contributed by atoms with Crippen molar-refractivity contribution in [1.29, 1.82) is 5.26 Å². The lowest BCUT2D eigenvalue weighted by Gasteiger charge is -2.08. The maximum atomic E-state index is 12.1. The van der Waals surface area contributed by atoms with Crippen LogP contribution in [0.4, 0.5) is 5.69 Å². The number of nitrogens with one attached hydrogen (secondary N) is 1. The maximum Gasteiger partial charge on any atom is 0.255 e. The number of rotatable bonds is 5. The molecule has 0 radical (unpaired) electrons. The molecule has 0 aliphatic heterocycles. The van der Waals surface area contributed by atoms with Crippen molar-refractivity contribution < 1.29 is 18.3 Å². The van der Waals surface area contributed by atoms with Crippen molar-refractivity contribution in [2.45, 2.75) is 4.90 Å². The molecule has 2 rings (SSSR count). The van der Waals surface area contributed by atoms with Gasteiger partial charge in [-0.15, -0.1) is 0 Å². The summed E-state index contributed by atoms with van der Waals surface area (Å²) in [6.07, 6.45) is 0. The number of hydrogen-bond donors (Lipinski definition) is 2. The van der Waals surface area contributed by atoms with Crippen LogP contribution in [-0.4, -0.2) is 31.8 Å². The first-order chi connectivity index (χ1) is 11.0. The Hall–Kier alpha value is -2.69. The van der Waals surface area contributed by atoms with Crippen LogP contribution < -0.4 is 5.32 Å². The van der Waals surface area contributed by atoms with Gasteiger partial charge in [-0.3, -0.25) is 4.79 Å². The van der Waals surface area contributed by atoms with Gasteiger partial charge in [-0.25, -0.2) is 8.42 Å². The molecule has 0 saturated heterocycles. The van der Waals surface area contributed by atoms with Crippen LogP contribution in [0.1, 0.15) is 15.9 Å². The standard InChI is InChI=1S/C16H14N2O4S/c17-11-12-4-6-13(7-5-12)16(20)18-14-2-1-3-15(10-14)23(21,22)9-8-19/h1-7,10,19H,8-9H2,(H,18,20). The quantitative estimate of drug-likeness (QED) is 0.865. The Morgan fingerprint density at radius 1 is 1.17 bits per heavy atom. The summed E-state index contributed by atoms with van der Waals surface area (Å²) in [7, 11) is -3.58. The van der Waals surface area contributed by atoms with E-state index >= 15 is 0 Å². The molecule has 0 aromatic heterocycles. The lowest BCUT2D eigenvalue weighted by atomic mass is 10.1. The molecular weight excluding hydrogens is 316 g/mol. The molecule has 1 amide bonds. The average Bonchev–Trinajstić information content (AvgIpc) is 2.55. The Balaban J connectivity index is 2.20. The van der Waals surface area contributed by atoms with Crippen LogP contribution in [0.25, 0.3) is 0 Å². The van der Waals surface area contributed by atoms with Crippen LogP contribution in [0.2, 0.25) is 0 Å². The van der Waals surface area contributed by atoms with Crippen molar-refractivity contribution in [3.63, 3.8) is 0 Å². The van der Waals surface area contributed by atoms with Gasteiger partial charge >= 0.3 is 0 Å². The summed E-state index contributed by atoms with van der Waals surface area (Å²) < 4.78 is 23.8. The number of carbonyl (C=O) groups excluding carboxylic acids is 1. The van der Waals surface area contributed by atoms with Gasteiger partial charge in [-0.1, -0.05) is 6.07 Å². The molecule has 0 spiro atoms. The molecule has 23 heavy (non-hydrogen) atoms. The summed E-state index contributed by atoms with van der Waals surface area (Å²) in [5.41, 5.74) is 1.13. The second-order valence-electron chi connectivity index (χ2n) is 4.71. The summed E-state index contributed by atoms with van der Waals surface area (Å²) in [4.78, 5) is 12.1. The molecule has 0 unspecified atom stereocenters. The number of benzene rings is 2. The van der Waals surface area contributed by atoms with Gasteiger partial charge in [0, 0.05) is 11.3 Å². The molecule has 0 bridgehead atoms. The Morgan fingerprint density at radius 3 is 2.48 bits per heavy atom. The Morgan fingerprint density at radius 2 is 1.87 bits per heavy atom. The van der Waals surface area contributed by atoms with Crippen molar-refractivity contribution >= 4 is 21.4 Å². The number of nitrogens with zero attached hydrogens (tertiary/aromatic N) is 1. The van der Waals surface area contributed by atoms with Gasteiger partial charge in [0.1, 0.15) is 0 Å². The van der Waals surface area contributed by atoms with Crippen LogP contribution in [0.5, 0.6) is 0 Å². The van der Waals surface area contributed by atoms with E-state index in [0.29, 0.717) is 16.8 Å². The number of aliphatic hydroxyl groups excluding tert-OH is 1. The number of anilines is 1. The molecule has 0 heterocycles. The second-order valence-corrected chi connectivity index (χ2v) is 6.82. The van der Waals surface area contributed by atoms with E-state index in [0.717, 1.165) is 0 Å². The lowest BCUT2D eigenvalue weighted by molar-refractivity contribution is 0.102. The fraction of sp³-hybridized carbons (Fsp3) is 0.125. The molecular formula is C16H14N2O4S. The molecule has 2 aromatic carbocycles. The SMILES string of the molecule is N#Cc1ccc(C(=O)Nc2cccc(S(=O)(=O)CCO)c2)cc1. The van der Waals surface area contributed by atoms with Crippen LogP contribution in [0.3, 0.4) is 0 Å². The zero-order chi connectivity index (χ0) is 16.9. The topological polar surface area (TPSA) is 107 Å². The van der Waals surface area contributed by atoms with Gasteiger partial charge in [-0.2, -0.15) is 5.26 Å². The summed E-state index contributed by atoms with van der Waals surface area (Å²) in [5, 5.41) is 20.1. The molecule has 0 fully saturated rings. The van der Waals surface area contributed by atoms with Gasteiger partial charge in [0.15, 0.2) is 9.84 Å². The number of carbonyl (C=O) groups is 1. The van der Waals surface area contributed by atoms with Crippen LogP contribution in [0.15, 0.2) is 53.4 Å². The van der Waals surface area contributed by atoms with E-state index in [-0.39, 0.29) is 10.6 Å². The highest BCUT2D eigenvalue weighted by Gasteiger charge is 2.14. The first-order valence-electron chi connectivity index (χ1n) is 6.71. The Bertz CT molecular complexity index is 852. The van der Waals surface area contributed by atoms with Crippen LogP contribution >= 0.6 is 0 Å². The summed E-state index contributed by atoms with van der Waals surface area (Å²) in [6.45, 7) is -0.468. The first kappa shape index (κ1) is 16.7. The number of hydrogen-bond acceptors (Lipinski definition) is 5. The van der Waals surface area contributed by atoms with Crippen molar-refractivity contribution in [1.82, 2.24) is 0 Å². The maximum absolute atomic E-state index is 12.1. The van der Waals surface area contributed by atoms with Crippen molar-refractivity contribution in [3.05, 3.63) is 59.7 Å². The zero-order valence-corrected chi connectivity index (χ0v) is 12.9. The van der Waals surface area contributed by atoms with E-state index in [9.17, 15) is 13.2 Å². The van der Waals surface area contributed by atoms with E-state index in [4.69, 9.17) is 10.4 Å². The second kappa shape index (κ2) is 7.05. The van der Waals surface area contributed by atoms with Crippen LogP contribution in [-0.2, 0) is 9.84 Å². The summed E-state index contributed by atoms with van der Waals surface area (Å²) in [6, 6.07) is 13.9. The zero-order valence-electron chi connectivity index (χ0n) is 12.1. The molecule has 0 saturated carbocycles. The summed E-state index contributed by atoms with van der Waals surface area (Å²) in [5.74, 6) is -0.786. The van der Waals surface area contributed by atoms with Crippen molar-refractivity contribution in [2.24, 2.45) is 0 Å². The average molecular weight is 330 g/mol. The number of nitriles is 1. The van der Waals surface area contributed by atoms with E-state index < -0.39 is 22.4 Å². The molecule has 2 N–H and O–H groups in total. The highest BCUT2D eigenvalue weighted by atomic mass is 32.2. The minimum atomic E-state index is -3.58. The third kappa shape index (κ3) is 4.16. The van der Waals surface area contributed by atoms with E-state index in [1.54, 1.807) is 6.07 Å². The highest BCUT2D eigenvalue weighted by molar-refractivity contribution is 7.91. The van der Waals surface area contributed by atoms with Crippen molar-refractivity contribution in [3.8, 4) is 6.07 Å².